The first-order valence-electron chi connectivity index (χ1n) is 6.38. The zero-order chi connectivity index (χ0) is 13.2. The number of amides is 1. The molecular formula is C14H22N2O2. The summed E-state index contributed by atoms with van der Waals surface area (Å²) < 4.78 is 5.08. The summed E-state index contributed by atoms with van der Waals surface area (Å²) in [5, 5.41) is 2.72. The fourth-order valence-corrected chi connectivity index (χ4v) is 1.56. The average molecular weight is 250 g/mol. The molecule has 0 aliphatic heterocycles. The van der Waals surface area contributed by atoms with Gasteiger partial charge in [0, 0.05) is 12.6 Å². The molecule has 1 rings (SSSR count). The molecule has 3 N–H and O–H groups in total. The molecule has 18 heavy (non-hydrogen) atoms. The van der Waals surface area contributed by atoms with Crippen molar-refractivity contribution < 1.29 is 9.53 Å². The Hall–Kier alpha value is -1.55. The lowest BCUT2D eigenvalue weighted by Gasteiger charge is -2.07. The summed E-state index contributed by atoms with van der Waals surface area (Å²) in [4.78, 5) is 11.4. The van der Waals surface area contributed by atoms with Crippen LogP contribution in [-0.2, 0) is 11.3 Å². The molecule has 0 fully saturated rings. The lowest BCUT2D eigenvalue weighted by atomic mass is 10.1. The zero-order valence-electron chi connectivity index (χ0n) is 10.9. The molecule has 0 aliphatic rings. The molecular weight excluding hydrogens is 228 g/mol. The number of ether oxygens (including phenoxy) is 1. The van der Waals surface area contributed by atoms with E-state index in [0.29, 0.717) is 13.2 Å². The number of nitrogens with two attached hydrogens (primary N) is 1. The number of carbonyl (C=O) groups is 1. The van der Waals surface area contributed by atoms with Crippen LogP contribution < -0.4 is 11.1 Å². The van der Waals surface area contributed by atoms with Crippen LogP contribution in [0.5, 0.6) is 0 Å². The number of nitrogens with one attached hydrogen (secondary N) is 1. The highest BCUT2D eigenvalue weighted by atomic mass is 16.5. The molecule has 1 atom stereocenters. The van der Waals surface area contributed by atoms with Gasteiger partial charge in [-0.3, -0.25) is 0 Å². The normalized spacial score (nSPS) is 11.9. The quantitative estimate of drug-likeness (QED) is 0.730. The fraction of sp³-hybridized carbons (Fsp3) is 0.500. The number of carbonyl (C=O) groups excluding carboxylic acids is 1. The molecule has 0 radical (unpaired) electrons. The van der Waals surface area contributed by atoms with Crippen molar-refractivity contribution >= 4 is 6.09 Å². The summed E-state index contributed by atoms with van der Waals surface area (Å²) in [6, 6.07) is 9.86. The Morgan fingerprint density at radius 3 is 2.72 bits per heavy atom. The van der Waals surface area contributed by atoms with Gasteiger partial charge in [0.05, 0.1) is 0 Å². The third kappa shape index (κ3) is 6.91. The van der Waals surface area contributed by atoms with E-state index < -0.39 is 0 Å². The number of benzene rings is 1. The Labute approximate surface area is 109 Å². The molecule has 0 aromatic heterocycles. The molecule has 0 saturated carbocycles. The smallest absolute Gasteiger partial charge is 0.407 e. The van der Waals surface area contributed by atoms with Gasteiger partial charge in [-0.15, -0.1) is 0 Å². The lowest BCUT2D eigenvalue weighted by Crippen LogP contribution is -2.25. The summed E-state index contributed by atoms with van der Waals surface area (Å²) in [6.45, 7) is 2.94. The number of unbranched alkanes of at least 4 members (excludes halogenated alkanes) is 1. The van der Waals surface area contributed by atoms with Gasteiger partial charge in [0.25, 0.3) is 0 Å². The predicted octanol–water partition coefficient (Wildman–Crippen LogP) is 2.43. The Balaban J connectivity index is 2.04. The number of hydrogen-bond donors (Lipinski definition) is 2. The highest BCUT2D eigenvalue weighted by Crippen LogP contribution is 2.01. The summed E-state index contributed by atoms with van der Waals surface area (Å²) >= 11 is 0. The second-order valence-corrected chi connectivity index (χ2v) is 4.46. The molecule has 4 heteroatoms. The van der Waals surface area contributed by atoms with Crippen molar-refractivity contribution in [3.05, 3.63) is 35.9 Å². The molecule has 1 aromatic carbocycles. The van der Waals surface area contributed by atoms with Crippen molar-refractivity contribution in [1.82, 2.24) is 5.32 Å². The zero-order valence-corrected chi connectivity index (χ0v) is 10.9. The number of hydrogen-bond acceptors (Lipinski definition) is 3. The number of alkyl carbamates (subject to hydrolysis) is 1. The van der Waals surface area contributed by atoms with E-state index in [2.05, 4.69) is 5.32 Å². The van der Waals surface area contributed by atoms with E-state index >= 15 is 0 Å². The van der Waals surface area contributed by atoms with Crippen LogP contribution in [0.2, 0.25) is 0 Å². The second-order valence-electron chi connectivity index (χ2n) is 4.46. The van der Waals surface area contributed by atoms with E-state index in [4.69, 9.17) is 10.5 Å². The SMILES string of the molecule is C[C@@H](N)CCCCNC(=O)OCc1ccccc1. The first-order chi connectivity index (χ1) is 8.68. The molecule has 0 aliphatic carbocycles. The molecule has 0 spiro atoms. The van der Waals surface area contributed by atoms with Crippen LogP contribution >= 0.6 is 0 Å². The van der Waals surface area contributed by atoms with Gasteiger partial charge >= 0.3 is 6.09 Å². The van der Waals surface area contributed by atoms with Gasteiger partial charge in [-0.1, -0.05) is 36.8 Å². The first-order valence-corrected chi connectivity index (χ1v) is 6.38. The maximum atomic E-state index is 11.4. The van der Waals surface area contributed by atoms with E-state index in [-0.39, 0.29) is 12.1 Å². The van der Waals surface area contributed by atoms with Crippen molar-refractivity contribution in [3.63, 3.8) is 0 Å². The van der Waals surface area contributed by atoms with Crippen LogP contribution in [0.4, 0.5) is 4.79 Å². The van der Waals surface area contributed by atoms with E-state index in [1.54, 1.807) is 0 Å². The first kappa shape index (κ1) is 14.5. The van der Waals surface area contributed by atoms with Crippen LogP contribution in [0.3, 0.4) is 0 Å². The van der Waals surface area contributed by atoms with Gasteiger partial charge in [0.2, 0.25) is 0 Å². The third-order valence-corrected chi connectivity index (χ3v) is 2.57. The van der Waals surface area contributed by atoms with Crippen molar-refractivity contribution in [1.29, 1.82) is 0 Å². The van der Waals surface area contributed by atoms with Gasteiger partial charge < -0.3 is 15.8 Å². The Bertz CT molecular complexity index is 339. The molecule has 0 heterocycles. The molecule has 1 aromatic rings. The van der Waals surface area contributed by atoms with Crippen LogP contribution in [0, 0.1) is 0 Å². The molecule has 0 unspecified atom stereocenters. The highest BCUT2D eigenvalue weighted by molar-refractivity contribution is 5.67. The van der Waals surface area contributed by atoms with E-state index in [9.17, 15) is 4.79 Å². The maximum absolute atomic E-state index is 11.4. The fourth-order valence-electron chi connectivity index (χ4n) is 1.56. The molecule has 0 saturated heterocycles. The van der Waals surface area contributed by atoms with Gasteiger partial charge in [0.15, 0.2) is 0 Å². The Kier molecular flexibility index (Phi) is 6.87. The van der Waals surface area contributed by atoms with Crippen molar-refractivity contribution in [2.75, 3.05) is 6.54 Å². The summed E-state index contributed by atoms with van der Waals surface area (Å²) in [5.74, 6) is 0. The third-order valence-electron chi connectivity index (χ3n) is 2.57. The van der Waals surface area contributed by atoms with E-state index in [1.165, 1.54) is 0 Å². The molecule has 4 nitrogen and oxygen atoms in total. The average Bonchev–Trinajstić information content (AvgIpc) is 2.37. The monoisotopic (exact) mass is 250 g/mol. The van der Waals surface area contributed by atoms with E-state index in [0.717, 1.165) is 24.8 Å². The second kappa shape index (κ2) is 8.53. The van der Waals surface area contributed by atoms with Crippen LogP contribution in [0.15, 0.2) is 30.3 Å². The van der Waals surface area contributed by atoms with Crippen LogP contribution in [0.1, 0.15) is 31.7 Å². The largest absolute Gasteiger partial charge is 0.445 e. The topological polar surface area (TPSA) is 64.3 Å². The lowest BCUT2D eigenvalue weighted by molar-refractivity contribution is 0.139. The van der Waals surface area contributed by atoms with Gasteiger partial charge in [-0.05, 0) is 25.3 Å². The minimum absolute atomic E-state index is 0.232. The summed E-state index contributed by atoms with van der Waals surface area (Å²) in [7, 11) is 0. The highest BCUT2D eigenvalue weighted by Gasteiger charge is 2.01. The van der Waals surface area contributed by atoms with E-state index in [1.807, 2.05) is 37.3 Å². The Morgan fingerprint density at radius 2 is 2.06 bits per heavy atom. The van der Waals surface area contributed by atoms with Crippen molar-refractivity contribution in [3.8, 4) is 0 Å². The predicted molar refractivity (Wildman–Crippen MR) is 72.1 cm³/mol. The maximum Gasteiger partial charge on any atom is 0.407 e. The molecule has 100 valence electrons. The van der Waals surface area contributed by atoms with Gasteiger partial charge in [0.1, 0.15) is 6.61 Å². The van der Waals surface area contributed by atoms with Gasteiger partial charge in [-0.2, -0.15) is 0 Å². The number of rotatable bonds is 7. The molecule has 0 bridgehead atoms. The van der Waals surface area contributed by atoms with Crippen LogP contribution in [-0.4, -0.2) is 18.7 Å². The van der Waals surface area contributed by atoms with Crippen molar-refractivity contribution in [2.24, 2.45) is 5.73 Å². The molecule has 1 amide bonds. The van der Waals surface area contributed by atoms with Gasteiger partial charge in [-0.25, -0.2) is 4.79 Å². The van der Waals surface area contributed by atoms with Crippen molar-refractivity contribution in [2.45, 2.75) is 38.8 Å². The Morgan fingerprint density at radius 1 is 1.33 bits per heavy atom. The minimum Gasteiger partial charge on any atom is -0.445 e. The van der Waals surface area contributed by atoms with Crippen LogP contribution in [0.25, 0.3) is 0 Å². The standard InChI is InChI=1S/C14H22N2O2/c1-12(15)7-5-6-10-16-14(17)18-11-13-8-3-2-4-9-13/h2-4,8-9,12H,5-7,10-11,15H2,1H3,(H,16,17)/t12-/m1/s1. The summed E-state index contributed by atoms with van der Waals surface area (Å²) in [6.07, 6.45) is 2.58. The summed E-state index contributed by atoms with van der Waals surface area (Å²) in [5.41, 5.74) is 6.62. The minimum atomic E-state index is -0.361.